The predicted octanol–water partition coefficient (Wildman–Crippen LogP) is 0.252. The summed E-state index contributed by atoms with van der Waals surface area (Å²) < 4.78 is 29.0. The molecule has 0 saturated carbocycles. The lowest BCUT2D eigenvalue weighted by Gasteiger charge is -2.13. The first-order valence-corrected chi connectivity index (χ1v) is 7.65. The fourth-order valence-corrected chi connectivity index (χ4v) is 4.04. The number of hydrogen-bond acceptors (Lipinski definition) is 4. The van der Waals surface area contributed by atoms with Crippen molar-refractivity contribution >= 4 is 10.0 Å². The summed E-state index contributed by atoms with van der Waals surface area (Å²) >= 11 is 0. The van der Waals surface area contributed by atoms with E-state index in [1.165, 1.54) is 0 Å². The third-order valence-electron chi connectivity index (χ3n) is 3.42. The highest BCUT2D eigenvalue weighted by molar-refractivity contribution is 7.89. The summed E-state index contributed by atoms with van der Waals surface area (Å²) in [5, 5.41) is 13.2. The molecule has 0 aromatic carbocycles. The van der Waals surface area contributed by atoms with E-state index in [2.05, 4.69) is 9.82 Å². The van der Waals surface area contributed by atoms with Gasteiger partial charge in [-0.2, -0.15) is 5.10 Å². The van der Waals surface area contributed by atoms with Crippen LogP contribution in [0, 0.1) is 19.8 Å². The zero-order valence-electron chi connectivity index (χ0n) is 11.3. The summed E-state index contributed by atoms with van der Waals surface area (Å²) in [6.45, 7) is 3.46. The van der Waals surface area contributed by atoms with Crippen LogP contribution in [-0.2, 0) is 17.1 Å². The van der Waals surface area contributed by atoms with Crippen LogP contribution in [0.3, 0.4) is 0 Å². The maximum Gasteiger partial charge on any atom is 0.244 e. The quantitative estimate of drug-likeness (QED) is 0.777. The van der Waals surface area contributed by atoms with E-state index in [4.69, 9.17) is 5.11 Å². The van der Waals surface area contributed by atoms with Crippen LogP contribution in [0.1, 0.15) is 17.8 Å². The number of hydrogen-bond donors (Lipinski definition) is 2. The van der Waals surface area contributed by atoms with Crippen LogP contribution in [0.2, 0.25) is 0 Å². The van der Waals surface area contributed by atoms with Crippen molar-refractivity contribution in [2.45, 2.75) is 31.2 Å². The van der Waals surface area contributed by atoms with Crippen molar-refractivity contribution in [3.8, 4) is 0 Å². The molecule has 1 aliphatic carbocycles. The number of nitrogens with one attached hydrogen (secondary N) is 1. The van der Waals surface area contributed by atoms with Crippen molar-refractivity contribution in [3.63, 3.8) is 0 Å². The molecule has 0 aliphatic heterocycles. The lowest BCUT2D eigenvalue weighted by atomic mass is 10.1. The van der Waals surface area contributed by atoms with Gasteiger partial charge in [-0.15, -0.1) is 0 Å². The second-order valence-corrected chi connectivity index (χ2v) is 6.57. The molecular formula is C12H19N3O3S. The molecule has 19 heavy (non-hydrogen) atoms. The van der Waals surface area contributed by atoms with Gasteiger partial charge in [-0.25, -0.2) is 13.1 Å². The molecule has 0 bridgehead atoms. The topological polar surface area (TPSA) is 84.2 Å². The van der Waals surface area contributed by atoms with E-state index in [0.717, 1.165) is 0 Å². The lowest BCUT2D eigenvalue weighted by Crippen LogP contribution is -2.33. The average molecular weight is 285 g/mol. The lowest BCUT2D eigenvalue weighted by molar-refractivity contribution is 0.248. The minimum absolute atomic E-state index is 0.0313. The van der Waals surface area contributed by atoms with Crippen LogP contribution < -0.4 is 4.72 Å². The van der Waals surface area contributed by atoms with Gasteiger partial charge in [0.05, 0.1) is 11.4 Å². The molecule has 7 heteroatoms. The monoisotopic (exact) mass is 285 g/mol. The van der Waals surface area contributed by atoms with Crippen molar-refractivity contribution in [2.75, 3.05) is 6.61 Å². The SMILES string of the molecule is Cc1nn(C)c(C)c1S(=O)(=O)N[C@@H]1C=C[C@H](CO)C1. The normalized spacial score (nSPS) is 23.2. The van der Waals surface area contributed by atoms with E-state index in [1.54, 1.807) is 31.7 Å². The van der Waals surface area contributed by atoms with Crippen LogP contribution in [0.15, 0.2) is 17.0 Å². The van der Waals surface area contributed by atoms with Gasteiger partial charge in [-0.3, -0.25) is 4.68 Å². The summed E-state index contributed by atoms with van der Waals surface area (Å²) in [6.07, 6.45) is 4.23. The third-order valence-corrected chi connectivity index (χ3v) is 5.17. The Balaban J connectivity index is 2.22. The molecule has 1 heterocycles. The van der Waals surface area contributed by atoms with E-state index in [-0.39, 0.29) is 23.5 Å². The number of aliphatic hydroxyl groups excluding tert-OH is 1. The number of aryl methyl sites for hydroxylation is 2. The number of nitrogens with zero attached hydrogens (tertiary/aromatic N) is 2. The first-order chi connectivity index (χ1) is 8.85. The summed E-state index contributed by atoms with van der Waals surface area (Å²) in [6, 6.07) is -0.263. The van der Waals surface area contributed by atoms with Gasteiger partial charge < -0.3 is 5.11 Å². The second-order valence-electron chi connectivity index (χ2n) is 4.91. The predicted molar refractivity (Wildman–Crippen MR) is 71.1 cm³/mol. The van der Waals surface area contributed by atoms with E-state index in [1.807, 2.05) is 6.08 Å². The molecule has 0 radical (unpaired) electrons. The van der Waals surface area contributed by atoms with Crippen molar-refractivity contribution in [3.05, 3.63) is 23.5 Å². The van der Waals surface area contributed by atoms with Gasteiger partial charge in [0, 0.05) is 25.6 Å². The number of aliphatic hydroxyl groups is 1. The standard InChI is InChI=1S/C12H19N3O3S/c1-8-12(9(2)15(3)13-8)19(17,18)14-11-5-4-10(6-11)7-16/h4-5,10-11,14,16H,6-7H2,1-3H3/t10-,11+/m0/s1. The van der Waals surface area contributed by atoms with Gasteiger partial charge >= 0.3 is 0 Å². The van der Waals surface area contributed by atoms with Crippen molar-refractivity contribution < 1.29 is 13.5 Å². The molecule has 1 aromatic heterocycles. The van der Waals surface area contributed by atoms with Gasteiger partial charge in [0.25, 0.3) is 0 Å². The maximum atomic E-state index is 12.4. The molecule has 1 aliphatic rings. The molecule has 2 N–H and O–H groups in total. The Bertz CT molecular complexity index is 604. The summed E-state index contributed by atoms with van der Waals surface area (Å²) in [5.74, 6) is 0.0313. The fourth-order valence-electron chi connectivity index (χ4n) is 2.40. The highest BCUT2D eigenvalue weighted by Crippen LogP contribution is 2.22. The van der Waals surface area contributed by atoms with Gasteiger partial charge in [0.1, 0.15) is 4.90 Å². The van der Waals surface area contributed by atoms with Gasteiger partial charge in [0.15, 0.2) is 0 Å². The first kappa shape index (κ1) is 14.2. The van der Waals surface area contributed by atoms with E-state index < -0.39 is 10.0 Å². The largest absolute Gasteiger partial charge is 0.396 e. The smallest absolute Gasteiger partial charge is 0.244 e. The number of rotatable bonds is 4. The zero-order valence-corrected chi connectivity index (χ0v) is 12.1. The Morgan fingerprint density at radius 3 is 2.63 bits per heavy atom. The number of aromatic nitrogens is 2. The molecule has 0 spiro atoms. The Labute approximate surface area is 113 Å². The Morgan fingerprint density at radius 1 is 1.47 bits per heavy atom. The molecule has 0 amide bonds. The molecule has 0 saturated heterocycles. The first-order valence-electron chi connectivity index (χ1n) is 6.17. The Morgan fingerprint density at radius 2 is 2.16 bits per heavy atom. The molecular weight excluding hydrogens is 266 g/mol. The van der Waals surface area contributed by atoms with E-state index in [9.17, 15) is 8.42 Å². The molecule has 2 rings (SSSR count). The molecule has 106 valence electrons. The molecule has 0 unspecified atom stereocenters. The van der Waals surface area contributed by atoms with Crippen LogP contribution in [0.5, 0.6) is 0 Å². The molecule has 1 aromatic rings. The zero-order chi connectivity index (χ0) is 14.2. The van der Waals surface area contributed by atoms with Crippen LogP contribution in [-0.4, -0.2) is 36.0 Å². The minimum Gasteiger partial charge on any atom is -0.396 e. The Kier molecular flexibility index (Phi) is 3.80. The summed E-state index contributed by atoms with van der Waals surface area (Å²) in [7, 11) is -1.86. The van der Waals surface area contributed by atoms with Gasteiger partial charge in [-0.05, 0) is 20.3 Å². The van der Waals surface area contributed by atoms with Crippen LogP contribution >= 0.6 is 0 Å². The highest BCUT2D eigenvalue weighted by atomic mass is 32.2. The van der Waals surface area contributed by atoms with Gasteiger partial charge in [0.2, 0.25) is 10.0 Å². The van der Waals surface area contributed by atoms with E-state index in [0.29, 0.717) is 17.8 Å². The summed E-state index contributed by atoms with van der Waals surface area (Å²) in [4.78, 5) is 0.246. The minimum atomic E-state index is -3.58. The van der Waals surface area contributed by atoms with Crippen LogP contribution in [0.25, 0.3) is 0 Å². The number of sulfonamides is 1. The van der Waals surface area contributed by atoms with Gasteiger partial charge in [-0.1, -0.05) is 12.2 Å². The second kappa shape index (κ2) is 5.07. The van der Waals surface area contributed by atoms with Crippen LogP contribution in [0.4, 0.5) is 0 Å². The van der Waals surface area contributed by atoms with Crippen molar-refractivity contribution in [1.29, 1.82) is 0 Å². The Hall–Kier alpha value is -1.18. The summed E-state index contributed by atoms with van der Waals surface area (Å²) in [5.41, 5.74) is 1.11. The molecule has 6 nitrogen and oxygen atoms in total. The third kappa shape index (κ3) is 2.72. The fraction of sp³-hybridized carbons (Fsp3) is 0.583. The van der Waals surface area contributed by atoms with Crippen molar-refractivity contribution in [2.24, 2.45) is 13.0 Å². The maximum absolute atomic E-state index is 12.4. The highest BCUT2D eigenvalue weighted by Gasteiger charge is 2.28. The average Bonchev–Trinajstić information content (AvgIpc) is 2.84. The van der Waals surface area contributed by atoms with Crippen molar-refractivity contribution in [1.82, 2.24) is 14.5 Å². The van der Waals surface area contributed by atoms with E-state index >= 15 is 0 Å². The molecule has 2 atom stereocenters. The molecule has 0 fully saturated rings.